The number of carbonyl (C=O) groups is 1. The molecule has 1 unspecified atom stereocenters. The molecular formula is C14H24N6O. The van der Waals surface area contributed by atoms with Gasteiger partial charge in [-0.2, -0.15) is 0 Å². The molecule has 1 aliphatic rings. The number of hydrogen-bond donors (Lipinski definition) is 3. The topological polar surface area (TPSA) is 96.2 Å². The number of aromatic nitrogens is 2. The van der Waals surface area contributed by atoms with Crippen molar-refractivity contribution in [3.05, 3.63) is 11.9 Å². The maximum Gasteiger partial charge on any atom is 0.222 e. The van der Waals surface area contributed by atoms with Crippen molar-refractivity contribution in [2.45, 2.75) is 45.1 Å². The largest absolute Gasteiger partial charge is 0.365 e. The van der Waals surface area contributed by atoms with E-state index in [2.05, 4.69) is 41.5 Å². The normalized spacial score (nSPS) is 19.6. The minimum absolute atomic E-state index is 0.164. The molecular weight excluding hydrogens is 268 g/mol. The minimum atomic E-state index is -0.164. The van der Waals surface area contributed by atoms with Gasteiger partial charge in [-0.1, -0.05) is 20.8 Å². The van der Waals surface area contributed by atoms with Crippen LogP contribution in [-0.4, -0.2) is 40.4 Å². The summed E-state index contributed by atoms with van der Waals surface area (Å²) < 4.78 is 0. The SMILES string of the molecule is CN1CC(Nc2cc(NN)nc(C(C)(C)C)n2)CCC1=O. The van der Waals surface area contributed by atoms with Crippen molar-refractivity contribution in [2.75, 3.05) is 24.3 Å². The predicted octanol–water partition coefficient (Wildman–Crippen LogP) is 1.09. The molecule has 1 atom stereocenters. The van der Waals surface area contributed by atoms with Gasteiger partial charge in [0.2, 0.25) is 5.91 Å². The molecule has 1 aromatic heterocycles. The molecule has 21 heavy (non-hydrogen) atoms. The fourth-order valence-electron chi connectivity index (χ4n) is 2.27. The third-order valence-corrected chi connectivity index (χ3v) is 3.52. The first kappa shape index (κ1) is 15.5. The number of nitrogen functional groups attached to an aromatic ring is 1. The highest BCUT2D eigenvalue weighted by atomic mass is 16.2. The van der Waals surface area contributed by atoms with Gasteiger partial charge in [0, 0.05) is 37.5 Å². The van der Waals surface area contributed by atoms with Gasteiger partial charge in [-0.3, -0.25) is 4.79 Å². The first-order chi connectivity index (χ1) is 9.79. The van der Waals surface area contributed by atoms with E-state index in [0.29, 0.717) is 18.8 Å². The quantitative estimate of drug-likeness (QED) is 0.570. The summed E-state index contributed by atoms with van der Waals surface area (Å²) in [5.41, 5.74) is 2.41. The molecule has 1 fully saturated rings. The standard InChI is InChI=1S/C14H24N6O/c1-14(2,3)13-17-10(7-11(18-13)19-15)16-9-5-6-12(21)20(4)8-9/h7,9H,5-6,8,15H2,1-4H3,(H2,16,17,18,19). The van der Waals surface area contributed by atoms with Crippen LogP contribution in [0.5, 0.6) is 0 Å². The van der Waals surface area contributed by atoms with Gasteiger partial charge < -0.3 is 15.6 Å². The number of carbonyl (C=O) groups excluding carboxylic acids is 1. The van der Waals surface area contributed by atoms with Crippen LogP contribution in [0.3, 0.4) is 0 Å². The summed E-state index contributed by atoms with van der Waals surface area (Å²) in [6, 6.07) is 1.98. The Labute approximate surface area is 125 Å². The van der Waals surface area contributed by atoms with Crippen molar-refractivity contribution < 1.29 is 4.79 Å². The summed E-state index contributed by atoms with van der Waals surface area (Å²) >= 11 is 0. The molecule has 1 aromatic rings. The lowest BCUT2D eigenvalue weighted by Gasteiger charge is -2.30. The van der Waals surface area contributed by atoms with Crippen molar-refractivity contribution in [3.63, 3.8) is 0 Å². The molecule has 116 valence electrons. The molecule has 7 nitrogen and oxygen atoms in total. The Balaban J connectivity index is 2.18. The van der Waals surface area contributed by atoms with Gasteiger partial charge in [0.05, 0.1) is 0 Å². The molecule has 0 aliphatic carbocycles. The molecule has 0 aromatic carbocycles. The minimum Gasteiger partial charge on any atom is -0.365 e. The van der Waals surface area contributed by atoms with Gasteiger partial charge in [-0.05, 0) is 6.42 Å². The number of rotatable bonds is 3. The van der Waals surface area contributed by atoms with E-state index in [1.165, 1.54) is 0 Å². The van der Waals surface area contributed by atoms with E-state index in [4.69, 9.17) is 5.84 Å². The molecule has 2 rings (SSSR count). The monoisotopic (exact) mass is 292 g/mol. The van der Waals surface area contributed by atoms with Crippen LogP contribution >= 0.6 is 0 Å². The Morgan fingerprint density at radius 2 is 2.00 bits per heavy atom. The summed E-state index contributed by atoms with van der Waals surface area (Å²) in [5.74, 6) is 7.71. The van der Waals surface area contributed by atoms with Crippen LogP contribution in [-0.2, 0) is 10.2 Å². The van der Waals surface area contributed by atoms with Crippen LogP contribution in [0.15, 0.2) is 6.07 Å². The number of amides is 1. The Morgan fingerprint density at radius 3 is 2.57 bits per heavy atom. The van der Waals surface area contributed by atoms with Crippen molar-refractivity contribution in [1.82, 2.24) is 14.9 Å². The molecule has 4 N–H and O–H groups in total. The Hall–Kier alpha value is -1.89. The van der Waals surface area contributed by atoms with E-state index in [0.717, 1.165) is 18.1 Å². The van der Waals surface area contributed by atoms with Crippen LogP contribution in [0, 0.1) is 0 Å². The molecule has 1 saturated heterocycles. The summed E-state index contributed by atoms with van der Waals surface area (Å²) in [6.07, 6.45) is 1.37. The molecule has 0 bridgehead atoms. The smallest absolute Gasteiger partial charge is 0.222 e. The van der Waals surface area contributed by atoms with E-state index < -0.39 is 0 Å². The first-order valence-electron chi connectivity index (χ1n) is 7.16. The number of hydrogen-bond acceptors (Lipinski definition) is 6. The molecule has 1 amide bonds. The average molecular weight is 292 g/mol. The Kier molecular flexibility index (Phi) is 4.32. The van der Waals surface area contributed by atoms with E-state index in [1.54, 1.807) is 11.0 Å². The number of piperidine rings is 1. The molecule has 0 spiro atoms. The van der Waals surface area contributed by atoms with Crippen LogP contribution < -0.4 is 16.6 Å². The van der Waals surface area contributed by atoms with Crippen molar-refractivity contribution in [1.29, 1.82) is 0 Å². The van der Waals surface area contributed by atoms with Gasteiger partial charge in [-0.25, -0.2) is 15.8 Å². The molecule has 1 aliphatic heterocycles. The van der Waals surface area contributed by atoms with Gasteiger partial charge in [0.25, 0.3) is 0 Å². The zero-order chi connectivity index (χ0) is 15.6. The van der Waals surface area contributed by atoms with Crippen molar-refractivity contribution in [2.24, 2.45) is 5.84 Å². The number of hydrazine groups is 1. The van der Waals surface area contributed by atoms with E-state index in [1.807, 2.05) is 7.05 Å². The van der Waals surface area contributed by atoms with Gasteiger partial charge in [0.15, 0.2) is 0 Å². The van der Waals surface area contributed by atoms with Gasteiger partial charge >= 0.3 is 0 Å². The lowest BCUT2D eigenvalue weighted by molar-refractivity contribution is -0.132. The van der Waals surface area contributed by atoms with E-state index in [-0.39, 0.29) is 17.4 Å². The number of likely N-dealkylation sites (tertiary alicyclic amines) is 1. The highest BCUT2D eigenvalue weighted by Crippen LogP contribution is 2.23. The van der Waals surface area contributed by atoms with Crippen LogP contribution in [0.25, 0.3) is 0 Å². The summed E-state index contributed by atoms with van der Waals surface area (Å²) in [6.45, 7) is 6.84. The van der Waals surface area contributed by atoms with E-state index in [9.17, 15) is 4.79 Å². The summed E-state index contributed by atoms with van der Waals surface area (Å²) in [7, 11) is 1.82. The van der Waals surface area contributed by atoms with Crippen LogP contribution in [0.2, 0.25) is 0 Å². The van der Waals surface area contributed by atoms with Crippen LogP contribution in [0.1, 0.15) is 39.4 Å². The van der Waals surface area contributed by atoms with E-state index >= 15 is 0 Å². The maximum atomic E-state index is 11.5. The fraction of sp³-hybridized carbons (Fsp3) is 0.643. The van der Waals surface area contributed by atoms with Crippen molar-refractivity contribution in [3.8, 4) is 0 Å². The Morgan fingerprint density at radius 1 is 1.33 bits per heavy atom. The first-order valence-corrected chi connectivity index (χ1v) is 7.16. The summed E-state index contributed by atoms with van der Waals surface area (Å²) in [5, 5.41) is 3.38. The lowest BCUT2D eigenvalue weighted by atomic mass is 9.96. The molecule has 2 heterocycles. The van der Waals surface area contributed by atoms with Gasteiger partial charge in [-0.15, -0.1) is 0 Å². The Bertz CT molecular complexity index is 525. The predicted molar refractivity (Wildman–Crippen MR) is 82.8 cm³/mol. The summed E-state index contributed by atoms with van der Waals surface area (Å²) in [4.78, 5) is 22.2. The third-order valence-electron chi connectivity index (χ3n) is 3.52. The second-order valence-electron chi connectivity index (χ2n) is 6.51. The second kappa shape index (κ2) is 5.85. The van der Waals surface area contributed by atoms with Crippen molar-refractivity contribution >= 4 is 17.5 Å². The number of nitrogens with one attached hydrogen (secondary N) is 2. The highest BCUT2D eigenvalue weighted by Gasteiger charge is 2.24. The van der Waals surface area contributed by atoms with Crippen LogP contribution in [0.4, 0.5) is 11.6 Å². The molecule has 0 saturated carbocycles. The average Bonchev–Trinajstić information content (AvgIpc) is 2.41. The lowest BCUT2D eigenvalue weighted by Crippen LogP contribution is -2.43. The zero-order valence-electron chi connectivity index (χ0n) is 13.1. The van der Waals surface area contributed by atoms with Gasteiger partial charge in [0.1, 0.15) is 17.5 Å². The highest BCUT2D eigenvalue weighted by molar-refractivity contribution is 5.77. The fourth-order valence-corrected chi connectivity index (χ4v) is 2.27. The number of likely N-dealkylation sites (N-methyl/N-ethyl adjacent to an activating group) is 1. The number of anilines is 2. The third kappa shape index (κ3) is 3.81. The number of nitrogens with zero attached hydrogens (tertiary/aromatic N) is 3. The molecule has 0 radical (unpaired) electrons. The zero-order valence-corrected chi connectivity index (χ0v) is 13.1. The maximum absolute atomic E-state index is 11.5. The second-order valence-corrected chi connectivity index (χ2v) is 6.51. The molecule has 7 heteroatoms. The number of nitrogens with two attached hydrogens (primary N) is 1.